The minimum absolute atomic E-state index is 0.151. The normalized spacial score (nSPS) is 26.8. The van der Waals surface area contributed by atoms with E-state index >= 15 is 4.39 Å². The highest BCUT2D eigenvalue weighted by molar-refractivity contribution is 7.13. The Kier molecular flexibility index (Phi) is 6.15. The Morgan fingerprint density at radius 3 is 2.83 bits per heavy atom. The molecule has 0 saturated heterocycles. The van der Waals surface area contributed by atoms with Crippen molar-refractivity contribution in [3.8, 4) is 10.6 Å². The lowest BCUT2D eigenvalue weighted by atomic mass is 9.61. The van der Waals surface area contributed by atoms with Gasteiger partial charge in [-0.2, -0.15) is 0 Å². The molecule has 2 aromatic rings. The number of hydrogen-bond acceptors (Lipinski definition) is 7. The van der Waals surface area contributed by atoms with Crippen molar-refractivity contribution in [3.05, 3.63) is 52.8 Å². The van der Waals surface area contributed by atoms with Gasteiger partial charge in [-0.1, -0.05) is 12.1 Å². The monoisotopic (exact) mass is 506 g/mol. The number of carbonyl (C=O) groups excluding carboxylic acids is 1. The second-order valence-electron chi connectivity index (χ2n) is 10.1. The first kappa shape index (κ1) is 23.4. The van der Waals surface area contributed by atoms with E-state index in [2.05, 4.69) is 28.2 Å². The van der Waals surface area contributed by atoms with Gasteiger partial charge >= 0.3 is 5.97 Å². The predicted molar refractivity (Wildman–Crippen MR) is 142 cm³/mol. The second-order valence-corrected chi connectivity index (χ2v) is 11.1. The van der Waals surface area contributed by atoms with Gasteiger partial charge in [0.1, 0.15) is 17.3 Å². The van der Waals surface area contributed by atoms with Crippen molar-refractivity contribution in [2.75, 3.05) is 23.4 Å². The highest BCUT2D eigenvalue weighted by Gasteiger charge is 2.48. The molecule has 7 rings (SSSR count). The number of amidine groups is 1. The summed E-state index contributed by atoms with van der Waals surface area (Å²) in [6, 6.07) is 5.46. The van der Waals surface area contributed by atoms with E-state index in [1.807, 2.05) is 30.6 Å². The largest absolute Gasteiger partial charge is 0.466 e. The zero-order valence-corrected chi connectivity index (χ0v) is 21.5. The van der Waals surface area contributed by atoms with E-state index in [1.54, 1.807) is 6.07 Å². The molecule has 188 valence electrons. The topological polar surface area (TPSA) is 66.8 Å². The quantitative estimate of drug-likeness (QED) is 0.474. The molecule has 2 bridgehead atoms. The van der Waals surface area contributed by atoms with Crippen LogP contribution in [0.3, 0.4) is 0 Å². The van der Waals surface area contributed by atoms with Gasteiger partial charge in [0.15, 0.2) is 5.82 Å². The number of fused-ring (bicyclic) bond motifs is 4. The molecule has 2 aliphatic heterocycles. The average molecular weight is 507 g/mol. The van der Waals surface area contributed by atoms with Gasteiger partial charge in [-0.15, -0.1) is 11.3 Å². The molecule has 36 heavy (non-hydrogen) atoms. The van der Waals surface area contributed by atoms with Gasteiger partial charge in [0, 0.05) is 30.4 Å². The summed E-state index contributed by atoms with van der Waals surface area (Å²) in [6.07, 6.45) is 9.13. The van der Waals surface area contributed by atoms with Crippen LogP contribution in [-0.2, 0) is 9.53 Å². The van der Waals surface area contributed by atoms with E-state index in [0.29, 0.717) is 29.7 Å². The fourth-order valence-corrected chi connectivity index (χ4v) is 7.07. The van der Waals surface area contributed by atoms with E-state index in [-0.39, 0.29) is 29.7 Å². The van der Waals surface area contributed by atoms with Crippen molar-refractivity contribution in [2.24, 2.45) is 22.7 Å². The van der Waals surface area contributed by atoms with Crippen molar-refractivity contribution >= 4 is 34.6 Å². The molecule has 4 heterocycles. The van der Waals surface area contributed by atoms with Crippen molar-refractivity contribution in [1.82, 2.24) is 4.98 Å². The number of carbonyl (C=O) groups is 1. The molecule has 8 heteroatoms. The zero-order valence-electron chi connectivity index (χ0n) is 20.7. The van der Waals surface area contributed by atoms with Crippen molar-refractivity contribution in [2.45, 2.75) is 52.0 Å². The van der Waals surface area contributed by atoms with Crippen LogP contribution in [-0.4, -0.2) is 36.0 Å². The van der Waals surface area contributed by atoms with Gasteiger partial charge in [0.05, 0.1) is 23.1 Å². The van der Waals surface area contributed by atoms with Crippen LogP contribution in [0.25, 0.3) is 10.6 Å². The van der Waals surface area contributed by atoms with Crippen LogP contribution in [0.15, 0.2) is 52.0 Å². The number of nitrogens with one attached hydrogen (secondary N) is 1. The van der Waals surface area contributed by atoms with Gasteiger partial charge in [-0.3, -0.25) is 4.79 Å². The van der Waals surface area contributed by atoms with E-state index in [1.165, 1.54) is 11.3 Å². The van der Waals surface area contributed by atoms with Crippen LogP contribution in [0.4, 0.5) is 15.9 Å². The Hall–Kier alpha value is -3.00. The summed E-state index contributed by atoms with van der Waals surface area (Å²) in [5.74, 6) is 1.34. The molecule has 0 spiro atoms. The minimum atomic E-state index is -0.374. The Bertz CT molecular complexity index is 1260. The maximum atomic E-state index is 16.1. The van der Waals surface area contributed by atoms with E-state index in [9.17, 15) is 4.79 Å². The molecule has 0 amide bonds. The van der Waals surface area contributed by atoms with E-state index in [4.69, 9.17) is 9.72 Å². The smallest absolute Gasteiger partial charge is 0.311 e. The van der Waals surface area contributed by atoms with Crippen LogP contribution in [0.2, 0.25) is 0 Å². The first-order valence-electron chi connectivity index (χ1n) is 13.0. The maximum Gasteiger partial charge on any atom is 0.311 e. The summed E-state index contributed by atoms with van der Waals surface area (Å²) in [5.41, 5.74) is 2.98. The molecular weight excluding hydrogens is 475 g/mol. The molecule has 5 aliphatic rings. The second kappa shape index (κ2) is 9.47. The van der Waals surface area contributed by atoms with Crippen LogP contribution in [0.5, 0.6) is 0 Å². The molecule has 0 unspecified atom stereocenters. The molecule has 3 fully saturated rings. The van der Waals surface area contributed by atoms with Crippen LogP contribution in [0.1, 0.15) is 46.0 Å². The van der Waals surface area contributed by atoms with Gasteiger partial charge < -0.3 is 15.0 Å². The molecule has 0 radical (unpaired) electrons. The van der Waals surface area contributed by atoms with Gasteiger partial charge in [-0.25, -0.2) is 14.4 Å². The number of ether oxygens (including phenoxy) is 1. The number of aromatic nitrogens is 1. The molecular formula is C28H31FN4O2S. The number of rotatable bonds is 6. The molecule has 2 atom stereocenters. The summed E-state index contributed by atoms with van der Waals surface area (Å²) in [5, 5.41) is 5.45. The maximum absolute atomic E-state index is 16.1. The van der Waals surface area contributed by atoms with E-state index in [0.717, 1.165) is 60.5 Å². The number of esters is 1. The fraction of sp³-hybridized carbons (Fsp3) is 0.464. The Balaban J connectivity index is 1.40. The molecule has 2 aromatic heterocycles. The number of anilines is 2. The number of aliphatic imine (C=N–C) groups is 1. The fourth-order valence-electron chi connectivity index (χ4n) is 6.36. The average Bonchev–Trinajstić information content (AvgIpc) is 3.56. The third-order valence-electron chi connectivity index (χ3n) is 8.08. The Morgan fingerprint density at radius 2 is 2.08 bits per heavy atom. The van der Waals surface area contributed by atoms with Crippen LogP contribution < -0.4 is 10.2 Å². The van der Waals surface area contributed by atoms with Crippen molar-refractivity contribution < 1.29 is 13.9 Å². The van der Waals surface area contributed by atoms with Gasteiger partial charge in [-0.05, 0) is 74.8 Å². The summed E-state index contributed by atoms with van der Waals surface area (Å²) >= 11 is 1.47. The van der Waals surface area contributed by atoms with Crippen LogP contribution in [0, 0.1) is 23.6 Å². The highest BCUT2D eigenvalue weighted by Crippen LogP contribution is 2.47. The van der Waals surface area contributed by atoms with Gasteiger partial charge in [0.25, 0.3) is 0 Å². The summed E-state index contributed by atoms with van der Waals surface area (Å²) in [4.78, 5) is 25.3. The summed E-state index contributed by atoms with van der Waals surface area (Å²) < 4.78 is 21.6. The van der Waals surface area contributed by atoms with Gasteiger partial charge in [0.2, 0.25) is 0 Å². The van der Waals surface area contributed by atoms with Crippen molar-refractivity contribution in [1.29, 1.82) is 0 Å². The first-order chi connectivity index (χ1) is 17.5. The van der Waals surface area contributed by atoms with E-state index < -0.39 is 0 Å². The predicted octanol–water partition coefficient (Wildman–Crippen LogP) is 6.18. The number of hydrogen-bond donors (Lipinski definition) is 1. The molecule has 6 nitrogen and oxygen atoms in total. The Morgan fingerprint density at radius 1 is 1.28 bits per heavy atom. The Labute approximate surface area is 215 Å². The third kappa shape index (κ3) is 3.95. The number of nitrogens with zero attached hydrogens (tertiary/aromatic N) is 3. The van der Waals surface area contributed by atoms with Crippen LogP contribution >= 0.6 is 11.3 Å². The highest BCUT2D eigenvalue weighted by atomic mass is 32.1. The van der Waals surface area contributed by atoms with Crippen molar-refractivity contribution in [3.63, 3.8) is 0 Å². The molecule has 3 saturated carbocycles. The molecule has 0 aromatic carbocycles. The summed E-state index contributed by atoms with van der Waals surface area (Å²) in [7, 11) is 0. The number of thiophene rings is 1. The first-order valence-corrected chi connectivity index (χ1v) is 13.8. The number of halogens is 1. The third-order valence-corrected chi connectivity index (χ3v) is 8.95. The lowest BCUT2D eigenvalue weighted by Gasteiger charge is -2.47. The zero-order chi connectivity index (χ0) is 24.8. The SMILES string of the molecule is CCOC(=O)[C@H]1C2CCC(CC2)[C@@H]1Nc1cc(N2CCC=C3C(C)=CN=C32)nc(-c2cccs2)c1F. The molecule has 1 N–H and O–H groups in total. The number of pyridine rings is 1. The lowest BCUT2D eigenvalue weighted by molar-refractivity contribution is -0.154. The summed E-state index contributed by atoms with van der Waals surface area (Å²) in [6.45, 7) is 4.98. The lowest BCUT2D eigenvalue weighted by Crippen LogP contribution is -2.52. The standard InChI is InChI=1S/C28H31FN4O2S/c1-3-35-28(34)23-17-8-10-18(11-9-17)25(23)31-20-14-22(32-26(24(20)29)21-7-5-13-36-21)33-12-4-6-19-16(2)15-30-27(19)33/h5-7,13-15,17-18,23,25H,3-4,8-12H2,1-2H3,(H,31,32)/t17?,18?,23-,25-/m0/s1. The molecule has 3 aliphatic carbocycles. The minimum Gasteiger partial charge on any atom is -0.466 e.